The zero-order valence-corrected chi connectivity index (χ0v) is 17.9. The largest absolute Gasteiger partial charge is 0.340 e. The van der Waals surface area contributed by atoms with E-state index in [9.17, 15) is 9.59 Å². The fraction of sp³-hybridized carbons (Fsp3) is 0.182. The van der Waals surface area contributed by atoms with Crippen molar-refractivity contribution < 1.29 is 9.59 Å². The third kappa shape index (κ3) is 5.30. The number of nitrogens with zero attached hydrogens (tertiary/aromatic N) is 1. The lowest BCUT2D eigenvalue weighted by Gasteiger charge is -2.25. The van der Waals surface area contributed by atoms with Crippen LogP contribution in [0.15, 0.2) is 76.6 Å². The Morgan fingerprint density at radius 1 is 1.04 bits per heavy atom. The Morgan fingerprint density at radius 2 is 1.75 bits per heavy atom. The summed E-state index contributed by atoms with van der Waals surface area (Å²) in [5.41, 5.74) is 2.02. The molecule has 0 fully saturated rings. The lowest BCUT2D eigenvalue weighted by Crippen LogP contribution is -2.48. The molecule has 0 saturated heterocycles. The Balaban J connectivity index is 1.77. The minimum absolute atomic E-state index is 0.121. The molecule has 1 N–H and O–H groups in total. The van der Waals surface area contributed by atoms with Crippen molar-refractivity contribution in [2.75, 3.05) is 7.05 Å². The van der Waals surface area contributed by atoms with Gasteiger partial charge in [0.1, 0.15) is 6.04 Å². The quantitative estimate of drug-likeness (QED) is 0.568. The van der Waals surface area contributed by atoms with Crippen LogP contribution >= 0.6 is 27.3 Å². The predicted octanol–water partition coefficient (Wildman–Crippen LogP) is 4.51. The van der Waals surface area contributed by atoms with Crippen molar-refractivity contribution in [3.05, 3.63) is 92.6 Å². The summed E-state index contributed by atoms with van der Waals surface area (Å²) in [7, 11) is 1.76. The zero-order chi connectivity index (χ0) is 19.9. The van der Waals surface area contributed by atoms with Crippen molar-refractivity contribution in [1.82, 2.24) is 10.2 Å². The number of carbonyl (C=O) groups is 2. The van der Waals surface area contributed by atoms with Crippen molar-refractivity contribution in [2.45, 2.75) is 19.0 Å². The second kappa shape index (κ2) is 9.66. The first-order valence-electron chi connectivity index (χ1n) is 8.91. The number of likely N-dealkylation sites (N-methyl/N-ethyl adjacent to an activating group) is 1. The lowest BCUT2D eigenvalue weighted by molar-refractivity contribution is -0.132. The van der Waals surface area contributed by atoms with Crippen molar-refractivity contribution >= 4 is 39.1 Å². The minimum Gasteiger partial charge on any atom is -0.340 e. The second-order valence-electron chi connectivity index (χ2n) is 6.48. The van der Waals surface area contributed by atoms with Crippen LogP contribution in [-0.4, -0.2) is 29.8 Å². The summed E-state index contributed by atoms with van der Waals surface area (Å²) in [5, 5.41) is 4.77. The molecule has 3 aromatic rings. The smallest absolute Gasteiger partial charge is 0.262 e. The van der Waals surface area contributed by atoms with Crippen LogP contribution in [0.25, 0.3) is 0 Å². The van der Waals surface area contributed by atoms with Crippen LogP contribution < -0.4 is 5.32 Å². The Bertz CT molecular complexity index is 929. The van der Waals surface area contributed by atoms with Gasteiger partial charge in [0.25, 0.3) is 5.91 Å². The minimum atomic E-state index is -0.635. The molecule has 0 aliphatic heterocycles. The average molecular weight is 457 g/mol. The van der Waals surface area contributed by atoms with Gasteiger partial charge in [0.2, 0.25) is 5.91 Å². The molecule has 2 aromatic carbocycles. The van der Waals surface area contributed by atoms with Gasteiger partial charge in [-0.05, 0) is 28.6 Å². The van der Waals surface area contributed by atoms with Crippen LogP contribution in [0, 0.1) is 0 Å². The van der Waals surface area contributed by atoms with E-state index in [4.69, 9.17) is 0 Å². The number of hydrogen-bond donors (Lipinski definition) is 1. The van der Waals surface area contributed by atoms with Gasteiger partial charge in [-0.3, -0.25) is 9.59 Å². The number of thiophene rings is 1. The predicted molar refractivity (Wildman–Crippen MR) is 116 cm³/mol. The number of benzene rings is 2. The molecule has 1 unspecified atom stereocenters. The van der Waals surface area contributed by atoms with E-state index in [0.29, 0.717) is 17.8 Å². The first kappa shape index (κ1) is 20.3. The summed E-state index contributed by atoms with van der Waals surface area (Å²) in [6.07, 6.45) is 0.442. The number of carbonyl (C=O) groups excluding carboxylic acids is 2. The van der Waals surface area contributed by atoms with Gasteiger partial charge in [0, 0.05) is 24.5 Å². The molecule has 1 heterocycles. The summed E-state index contributed by atoms with van der Waals surface area (Å²) in [5.74, 6) is -0.344. The van der Waals surface area contributed by atoms with Gasteiger partial charge >= 0.3 is 0 Å². The Labute approximate surface area is 177 Å². The molecule has 1 aromatic heterocycles. The molecule has 28 heavy (non-hydrogen) atoms. The number of rotatable bonds is 7. The first-order valence-corrected chi connectivity index (χ1v) is 10.6. The summed E-state index contributed by atoms with van der Waals surface area (Å²) < 4.78 is 0.955. The van der Waals surface area contributed by atoms with E-state index in [1.807, 2.05) is 66.0 Å². The number of hydrogen-bond acceptors (Lipinski definition) is 3. The van der Waals surface area contributed by atoms with Crippen molar-refractivity contribution in [3.63, 3.8) is 0 Å². The molecule has 0 aliphatic rings. The molecule has 4 nitrogen and oxygen atoms in total. The highest BCUT2D eigenvalue weighted by molar-refractivity contribution is 9.10. The number of amides is 2. The van der Waals surface area contributed by atoms with Crippen molar-refractivity contribution in [2.24, 2.45) is 0 Å². The van der Waals surface area contributed by atoms with Gasteiger partial charge in [0.05, 0.1) is 4.88 Å². The van der Waals surface area contributed by atoms with E-state index in [2.05, 4.69) is 21.2 Å². The van der Waals surface area contributed by atoms with Gasteiger partial charge in [-0.2, -0.15) is 0 Å². The molecule has 0 spiro atoms. The topological polar surface area (TPSA) is 49.4 Å². The molecule has 0 radical (unpaired) electrons. The zero-order valence-electron chi connectivity index (χ0n) is 15.5. The molecule has 6 heteroatoms. The molecule has 1 atom stereocenters. The summed E-state index contributed by atoms with van der Waals surface area (Å²) in [6, 6.07) is 20.5. The van der Waals surface area contributed by atoms with Gasteiger partial charge in [0.15, 0.2) is 0 Å². The second-order valence-corrected chi connectivity index (χ2v) is 8.28. The van der Waals surface area contributed by atoms with Crippen LogP contribution in [-0.2, 0) is 17.8 Å². The van der Waals surface area contributed by atoms with Gasteiger partial charge < -0.3 is 10.2 Å². The maximum absolute atomic E-state index is 13.2. The van der Waals surface area contributed by atoms with E-state index < -0.39 is 6.04 Å². The molecule has 3 rings (SSSR count). The van der Waals surface area contributed by atoms with Crippen LogP contribution in [0.3, 0.4) is 0 Å². The highest BCUT2D eigenvalue weighted by Gasteiger charge is 2.25. The maximum atomic E-state index is 13.2. The lowest BCUT2D eigenvalue weighted by atomic mass is 10.0. The van der Waals surface area contributed by atoms with Crippen LogP contribution in [0.2, 0.25) is 0 Å². The molecular weight excluding hydrogens is 436 g/mol. The SMILES string of the molecule is CN(Cc1ccccc1Br)C(=O)C(Cc1ccccc1)NC(=O)c1cccs1. The Hall–Kier alpha value is -2.44. The number of nitrogens with one attached hydrogen (secondary N) is 1. The van der Waals surface area contributed by atoms with Crippen LogP contribution in [0.4, 0.5) is 0 Å². The van der Waals surface area contributed by atoms with Crippen LogP contribution in [0.5, 0.6) is 0 Å². The van der Waals surface area contributed by atoms with E-state index in [-0.39, 0.29) is 11.8 Å². The van der Waals surface area contributed by atoms with E-state index in [0.717, 1.165) is 15.6 Å². The summed E-state index contributed by atoms with van der Waals surface area (Å²) in [6.45, 7) is 0.459. The fourth-order valence-corrected chi connectivity index (χ4v) is 3.95. The number of halogens is 1. The summed E-state index contributed by atoms with van der Waals surface area (Å²) >= 11 is 4.89. The average Bonchev–Trinajstić information content (AvgIpc) is 3.24. The first-order chi connectivity index (χ1) is 13.5. The third-order valence-corrected chi connectivity index (χ3v) is 6.01. The van der Waals surface area contributed by atoms with E-state index in [1.54, 1.807) is 18.0 Å². The molecular formula is C22H21BrN2O2S. The van der Waals surface area contributed by atoms with Crippen molar-refractivity contribution in [3.8, 4) is 0 Å². The van der Waals surface area contributed by atoms with Crippen molar-refractivity contribution in [1.29, 1.82) is 0 Å². The Morgan fingerprint density at radius 3 is 2.43 bits per heavy atom. The third-order valence-electron chi connectivity index (χ3n) is 4.37. The molecule has 0 aliphatic carbocycles. The van der Waals surface area contributed by atoms with E-state index >= 15 is 0 Å². The molecule has 144 valence electrons. The maximum Gasteiger partial charge on any atom is 0.262 e. The van der Waals surface area contributed by atoms with Crippen LogP contribution in [0.1, 0.15) is 20.8 Å². The standard InChI is InChI=1S/C22H21BrN2O2S/c1-25(15-17-10-5-6-11-18(17)23)22(27)19(14-16-8-3-2-4-9-16)24-21(26)20-12-7-13-28-20/h2-13,19H,14-15H2,1H3,(H,24,26). The highest BCUT2D eigenvalue weighted by Crippen LogP contribution is 2.18. The normalized spacial score (nSPS) is 11.6. The monoisotopic (exact) mass is 456 g/mol. The van der Waals surface area contributed by atoms with Gasteiger partial charge in [-0.15, -0.1) is 11.3 Å². The molecule has 0 saturated carbocycles. The molecule has 0 bridgehead atoms. The summed E-state index contributed by atoms with van der Waals surface area (Å²) in [4.78, 5) is 28.0. The Kier molecular flexibility index (Phi) is 7.01. The van der Waals surface area contributed by atoms with Gasteiger partial charge in [-0.1, -0.05) is 70.5 Å². The molecule has 2 amide bonds. The van der Waals surface area contributed by atoms with E-state index in [1.165, 1.54) is 11.3 Å². The highest BCUT2D eigenvalue weighted by atomic mass is 79.9. The van der Waals surface area contributed by atoms with Gasteiger partial charge in [-0.25, -0.2) is 0 Å². The fourth-order valence-electron chi connectivity index (χ4n) is 2.91.